The summed E-state index contributed by atoms with van der Waals surface area (Å²) in [6.45, 7) is 2.65. The van der Waals surface area contributed by atoms with Crippen LogP contribution in [0.3, 0.4) is 0 Å². The number of nitrogens with zero attached hydrogens (tertiary/aromatic N) is 1. The second-order valence-electron chi connectivity index (χ2n) is 4.20. The van der Waals surface area contributed by atoms with E-state index >= 15 is 0 Å². The topological polar surface area (TPSA) is 83.6 Å². The lowest BCUT2D eigenvalue weighted by Crippen LogP contribution is -2.52. The molecule has 1 unspecified atom stereocenters. The van der Waals surface area contributed by atoms with Crippen molar-refractivity contribution in [1.29, 1.82) is 0 Å². The van der Waals surface area contributed by atoms with Crippen molar-refractivity contribution in [3.05, 3.63) is 0 Å². The number of hydrogen-bond donors (Lipinski definition) is 2. The summed E-state index contributed by atoms with van der Waals surface area (Å²) in [5.41, 5.74) is 5.56. The molecule has 0 bridgehead atoms. The molecule has 1 heterocycles. The summed E-state index contributed by atoms with van der Waals surface area (Å²) >= 11 is 0. The van der Waals surface area contributed by atoms with Gasteiger partial charge in [-0.15, -0.1) is 0 Å². The number of carboxylic acids is 1. The Hall–Kier alpha value is -1.10. The van der Waals surface area contributed by atoms with Gasteiger partial charge in [0.25, 0.3) is 0 Å². The van der Waals surface area contributed by atoms with E-state index < -0.39 is 5.97 Å². The van der Waals surface area contributed by atoms with Gasteiger partial charge in [-0.3, -0.25) is 9.59 Å². The highest BCUT2D eigenvalue weighted by Gasteiger charge is 2.34. The third kappa shape index (κ3) is 3.51. The van der Waals surface area contributed by atoms with Gasteiger partial charge in [-0.2, -0.15) is 0 Å². The molecule has 1 rings (SSSR count). The predicted octanol–water partition coefficient (Wildman–Crippen LogP) is 0.0469. The third-order valence-corrected chi connectivity index (χ3v) is 2.63. The van der Waals surface area contributed by atoms with Crippen molar-refractivity contribution in [3.8, 4) is 0 Å². The number of likely N-dealkylation sites (tertiary alicyclic amines) is 1. The molecule has 0 spiro atoms. The van der Waals surface area contributed by atoms with Crippen LogP contribution in [0.1, 0.15) is 26.2 Å². The summed E-state index contributed by atoms with van der Waals surface area (Å²) in [6.07, 6.45) is 2.10. The molecular formula is C10H18N2O3. The lowest BCUT2D eigenvalue weighted by atomic mass is 9.99. The molecule has 1 atom stereocenters. The van der Waals surface area contributed by atoms with Crippen molar-refractivity contribution in [2.45, 2.75) is 32.2 Å². The van der Waals surface area contributed by atoms with Crippen molar-refractivity contribution in [2.24, 2.45) is 11.7 Å². The maximum Gasteiger partial charge on any atom is 0.310 e. The van der Waals surface area contributed by atoms with Gasteiger partial charge in [0, 0.05) is 25.6 Å². The first-order valence-corrected chi connectivity index (χ1v) is 5.27. The van der Waals surface area contributed by atoms with Crippen LogP contribution >= 0.6 is 0 Å². The number of aliphatic carboxylic acids is 1. The van der Waals surface area contributed by atoms with Crippen LogP contribution in [0.2, 0.25) is 0 Å². The molecule has 1 fully saturated rings. The Morgan fingerprint density at radius 1 is 1.53 bits per heavy atom. The van der Waals surface area contributed by atoms with E-state index in [9.17, 15) is 9.59 Å². The van der Waals surface area contributed by atoms with Gasteiger partial charge in [-0.05, 0) is 19.8 Å². The normalized spacial score (nSPS) is 18.4. The number of rotatable bonds is 5. The zero-order valence-electron chi connectivity index (χ0n) is 8.98. The number of hydrogen-bond acceptors (Lipinski definition) is 3. The Kier molecular flexibility index (Phi) is 4.08. The molecule has 5 heteroatoms. The van der Waals surface area contributed by atoms with Crippen molar-refractivity contribution < 1.29 is 14.7 Å². The van der Waals surface area contributed by atoms with Crippen LogP contribution in [-0.4, -0.2) is 41.0 Å². The first-order valence-electron chi connectivity index (χ1n) is 5.27. The second-order valence-corrected chi connectivity index (χ2v) is 4.20. The van der Waals surface area contributed by atoms with Crippen LogP contribution in [0, 0.1) is 5.92 Å². The summed E-state index contributed by atoms with van der Waals surface area (Å²) < 4.78 is 0. The van der Waals surface area contributed by atoms with Gasteiger partial charge in [0.15, 0.2) is 0 Å². The van der Waals surface area contributed by atoms with Gasteiger partial charge in [0.05, 0.1) is 5.92 Å². The molecule has 0 saturated carbocycles. The fraction of sp³-hybridized carbons (Fsp3) is 0.800. The Morgan fingerprint density at radius 3 is 2.60 bits per heavy atom. The maximum absolute atomic E-state index is 11.5. The summed E-state index contributed by atoms with van der Waals surface area (Å²) in [5, 5.41) is 8.63. The molecule has 1 aliphatic heterocycles. The van der Waals surface area contributed by atoms with E-state index in [4.69, 9.17) is 10.8 Å². The maximum atomic E-state index is 11.5. The molecule has 5 nitrogen and oxygen atoms in total. The average molecular weight is 214 g/mol. The SMILES string of the molecule is CC(N)CCCC(=O)N1CC(C(=O)O)C1. The molecule has 0 aromatic rings. The number of carbonyl (C=O) groups is 2. The molecule has 1 saturated heterocycles. The van der Waals surface area contributed by atoms with Crippen LogP contribution in [0.5, 0.6) is 0 Å². The molecule has 0 radical (unpaired) electrons. The molecule has 86 valence electrons. The fourth-order valence-electron chi connectivity index (χ4n) is 1.57. The van der Waals surface area contributed by atoms with Crippen molar-refractivity contribution in [2.75, 3.05) is 13.1 Å². The molecule has 15 heavy (non-hydrogen) atoms. The van der Waals surface area contributed by atoms with E-state index in [1.165, 1.54) is 0 Å². The summed E-state index contributed by atoms with van der Waals surface area (Å²) in [4.78, 5) is 23.6. The minimum Gasteiger partial charge on any atom is -0.481 e. The Bertz CT molecular complexity index is 247. The van der Waals surface area contributed by atoms with Gasteiger partial charge >= 0.3 is 5.97 Å². The van der Waals surface area contributed by atoms with Gasteiger partial charge < -0.3 is 15.7 Å². The van der Waals surface area contributed by atoms with Crippen LogP contribution in [-0.2, 0) is 9.59 Å². The fourth-order valence-corrected chi connectivity index (χ4v) is 1.57. The van der Waals surface area contributed by atoms with Crippen LogP contribution < -0.4 is 5.73 Å². The Balaban J connectivity index is 2.13. The second kappa shape index (κ2) is 5.11. The highest BCUT2D eigenvalue weighted by Crippen LogP contribution is 2.17. The molecule has 0 aromatic heterocycles. The number of amides is 1. The highest BCUT2D eigenvalue weighted by atomic mass is 16.4. The molecule has 0 aliphatic carbocycles. The highest BCUT2D eigenvalue weighted by molar-refractivity contribution is 5.80. The van der Waals surface area contributed by atoms with Crippen LogP contribution in [0.25, 0.3) is 0 Å². The molecule has 0 aromatic carbocycles. The van der Waals surface area contributed by atoms with Crippen molar-refractivity contribution in [1.82, 2.24) is 4.90 Å². The first kappa shape index (κ1) is 12.0. The van der Waals surface area contributed by atoms with E-state index in [1.54, 1.807) is 4.90 Å². The minimum atomic E-state index is -0.811. The summed E-state index contributed by atoms with van der Waals surface area (Å²) in [5.74, 6) is -1.12. The van der Waals surface area contributed by atoms with E-state index in [0.717, 1.165) is 12.8 Å². The van der Waals surface area contributed by atoms with Gasteiger partial charge in [-0.1, -0.05) is 0 Å². The van der Waals surface area contributed by atoms with Crippen molar-refractivity contribution >= 4 is 11.9 Å². The largest absolute Gasteiger partial charge is 0.481 e. The number of carboxylic acid groups (broad SMARTS) is 1. The Morgan fingerprint density at radius 2 is 2.13 bits per heavy atom. The quantitative estimate of drug-likeness (QED) is 0.677. The van der Waals surface area contributed by atoms with Crippen LogP contribution in [0.4, 0.5) is 0 Å². The summed E-state index contributed by atoms with van der Waals surface area (Å²) in [7, 11) is 0. The number of nitrogens with two attached hydrogens (primary N) is 1. The van der Waals surface area contributed by atoms with E-state index in [1.807, 2.05) is 6.92 Å². The minimum absolute atomic E-state index is 0.0492. The van der Waals surface area contributed by atoms with Crippen LogP contribution in [0.15, 0.2) is 0 Å². The summed E-state index contributed by atoms with van der Waals surface area (Å²) in [6, 6.07) is 0.126. The smallest absolute Gasteiger partial charge is 0.310 e. The first-order chi connectivity index (χ1) is 7.00. The monoisotopic (exact) mass is 214 g/mol. The number of carbonyl (C=O) groups excluding carboxylic acids is 1. The molecule has 1 amide bonds. The zero-order valence-corrected chi connectivity index (χ0v) is 8.98. The van der Waals surface area contributed by atoms with E-state index in [-0.39, 0.29) is 17.9 Å². The standard InChI is InChI=1S/C10H18N2O3/c1-7(11)3-2-4-9(13)12-5-8(6-12)10(14)15/h7-8H,2-6,11H2,1H3,(H,14,15). The Labute approximate surface area is 89.2 Å². The molecule has 1 aliphatic rings. The zero-order chi connectivity index (χ0) is 11.4. The molecular weight excluding hydrogens is 196 g/mol. The molecule has 3 N–H and O–H groups in total. The van der Waals surface area contributed by atoms with E-state index in [0.29, 0.717) is 19.5 Å². The third-order valence-electron chi connectivity index (χ3n) is 2.63. The van der Waals surface area contributed by atoms with Gasteiger partial charge in [0.2, 0.25) is 5.91 Å². The average Bonchev–Trinajstić information content (AvgIpc) is 1.99. The van der Waals surface area contributed by atoms with Crippen molar-refractivity contribution in [3.63, 3.8) is 0 Å². The lowest BCUT2D eigenvalue weighted by Gasteiger charge is -2.36. The van der Waals surface area contributed by atoms with Gasteiger partial charge in [-0.25, -0.2) is 0 Å². The van der Waals surface area contributed by atoms with Gasteiger partial charge in [0.1, 0.15) is 0 Å². The lowest BCUT2D eigenvalue weighted by molar-refractivity contribution is -0.152. The predicted molar refractivity (Wildman–Crippen MR) is 55.2 cm³/mol. The van der Waals surface area contributed by atoms with E-state index in [2.05, 4.69) is 0 Å².